The minimum Gasteiger partial charge on any atom is -0.358 e. The van der Waals surface area contributed by atoms with Gasteiger partial charge < -0.3 is 15.1 Å². The number of H-pyrrole nitrogens is 1. The van der Waals surface area contributed by atoms with Gasteiger partial charge in [0.2, 0.25) is 0 Å². The zero-order chi connectivity index (χ0) is 10.2. The molecule has 2 aromatic rings. The van der Waals surface area contributed by atoms with Gasteiger partial charge in [0, 0.05) is 18.5 Å². The first-order valence-corrected chi connectivity index (χ1v) is 3.79. The normalized spacial score (nSPS) is 8.57. The highest BCUT2D eigenvalue weighted by Crippen LogP contribution is 2.01. The highest BCUT2D eigenvalue weighted by atomic mass is 16.6. The van der Waals surface area contributed by atoms with Crippen LogP contribution in [0.5, 0.6) is 0 Å². The van der Waals surface area contributed by atoms with Gasteiger partial charge >= 0.3 is 5.82 Å². The van der Waals surface area contributed by atoms with E-state index in [2.05, 4.69) is 15.0 Å². The molecule has 6 heteroatoms. The van der Waals surface area contributed by atoms with Crippen molar-refractivity contribution in [1.29, 1.82) is 0 Å². The molecule has 1 N–H and O–H groups in total. The van der Waals surface area contributed by atoms with Crippen molar-refractivity contribution in [2.45, 2.75) is 0 Å². The second kappa shape index (κ2) is 5.41. The summed E-state index contributed by atoms with van der Waals surface area (Å²) in [4.78, 5) is 19.3. The molecule has 0 unspecified atom stereocenters. The molecule has 0 radical (unpaired) electrons. The Morgan fingerprint density at radius 1 is 1.36 bits per heavy atom. The number of nitrogens with zero attached hydrogens (tertiary/aromatic N) is 3. The number of aromatic amines is 1. The van der Waals surface area contributed by atoms with Crippen molar-refractivity contribution < 1.29 is 4.92 Å². The Balaban J connectivity index is 0.000000165. The van der Waals surface area contributed by atoms with Crippen molar-refractivity contribution in [2.75, 3.05) is 0 Å². The molecule has 0 saturated heterocycles. The Morgan fingerprint density at radius 3 is 2.50 bits per heavy atom. The number of imidazole rings is 1. The molecule has 2 rings (SSSR count). The molecule has 0 spiro atoms. The summed E-state index contributed by atoms with van der Waals surface area (Å²) in [6.07, 6.45) is 6.47. The van der Waals surface area contributed by atoms with Crippen LogP contribution >= 0.6 is 0 Å². The molecule has 72 valence electrons. The van der Waals surface area contributed by atoms with E-state index in [1.54, 1.807) is 30.9 Å². The highest BCUT2D eigenvalue weighted by Gasteiger charge is 2.00. The number of pyridine rings is 1. The first-order valence-electron chi connectivity index (χ1n) is 3.79. The monoisotopic (exact) mass is 192 g/mol. The topological polar surface area (TPSA) is 84.7 Å². The third-order valence-electron chi connectivity index (χ3n) is 1.24. The summed E-state index contributed by atoms with van der Waals surface area (Å²) >= 11 is 0. The van der Waals surface area contributed by atoms with Crippen LogP contribution in [0.1, 0.15) is 0 Å². The molecule has 14 heavy (non-hydrogen) atoms. The van der Waals surface area contributed by atoms with Crippen molar-refractivity contribution in [3.05, 3.63) is 53.2 Å². The third kappa shape index (κ3) is 3.44. The van der Waals surface area contributed by atoms with Gasteiger partial charge in [-0.25, -0.2) is 4.98 Å². The van der Waals surface area contributed by atoms with Gasteiger partial charge in [0.1, 0.15) is 6.20 Å². The fourth-order valence-corrected chi connectivity index (χ4v) is 0.677. The van der Waals surface area contributed by atoms with Crippen LogP contribution in [-0.2, 0) is 0 Å². The predicted octanol–water partition coefficient (Wildman–Crippen LogP) is 1.40. The average molecular weight is 192 g/mol. The fourth-order valence-electron chi connectivity index (χ4n) is 0.677. The number of hydrogen-bond donors (Lipinski definition) is 1. The van der Waals surface area contributed by atoms with Gasteiger partial charge in [0.05, 0.1) is 6.33 Å². The summed E-state index contributed by atoms with van der Waals surface area (Å²) in [7, 11) is 0. The molecule has 0 aromatic carbocycles. The van der Waals surface area contributed by atoms with Crippen LogP contribution in [0, 0.1) is 10.1 Å². The van der Waals surface area contributed by atoms with E-state index in [0.717, 1.165) is 0 Å². The molecule has 6 nitrogen and oxygen atoms in total. The van der Waals surface area contributed by atoms with Crippen LogP contribution in [0.4, 0.5) is 5.82 Å². The summed E-state index contributed by atoms with van der Waals surface area (Å²) < 4.78 is 0. The lowest BCUT2D eigenvalue weighted by atomic mass is 10.5. The van der Waals surface area contributed by atoms with Crippen molar-refractivity contribution in [3.8, 4) is 0 Å². The minimum atomic E-state index is -0.528. The Morgan fingerprint density at radius 2 is 2.21 bits per heavy atom. The Labute approximate surface area is 79.8 Å². The lowest BCUT2D eigenvalue weighted by Crippen LogP contribution is -1.88. The van der Waals surface area contributed by atoms with E-state index in [9.17, 15) is 10.1 Å². The number of aromatic nitrogens is 3. The van der Waals surface area contributed by atoms with E-state index in [1.807, 2.05) is 0 Å². The highest BCUT2D eigenvalue weighted by molar-refractivity contribution is 5.16. The Bertz CT molecular complexity index is 343. The van der Waals surface area contributed by atoms with Crippen molar-refractivity contribution in [1.82, 2.24) is 15.0 Å². The van der Waals surface area contributed by atoms with E-state index in [0.29, 0.717) is 0 Å². The first-order chi connectivity index (χ1) is 6.80. The van der Waals surface area contributed by atoms with E-state index < -0.39 is 4.92 Å². The van der Waals surface area contributed by atoms with Gasteiger partial charge in [0.15, 0.2) is 0 Å². The second-order valence-electron chi connectivity index (χ2n) is 2.21. The predicted molar refractivity (Wildman–Crippen MR) is 49.5 cm³/mol. The molecule has 0 aliphatic heterocycles. The molecule has 2 aromatic heterocycles. The van der Waals surface area contributed by atoms with Gasteiger partial charge in [-0.05, 0) is 16.0 Å². The standard InChI is InChI=1S/C5H4N2O2.C3H4N2/c8-7(9)5-3-1-2-4-6-5;1-2-5-3-4-1/h1-4H;1-3H,(H,4,5). The van der Waals surface area contributed by atoms with E-state index >= 15 is 0 Å². The maximum Gasteiger partial charge on any atom is 0.363 e. The van der Waals surface area contributed by atoms with E-state index in [4.69, 9.17) is 0 Å². The lowest BCUT2D eigenvalue weighted by Gasteiger charge is -1.86. The van der Waals surface area contributed by atoms with Crippen LogP contribution in [0.25, 0.3) is 0 Å². The van der Waals surface area contributed by atoms with Crippen molar-refractivity contribution in [3.63, 3.8) is 0 Å². The summed E-state index contributed by atoms with van der Waals surface area (Å²) in [5.74, 6) is -0.113. The summed E-state index contributed by atoms with van der Waals surface area (Å²) in [5.41, 5.74) is 0. The quantitative estimate of drug-likeness (QED) is 0.546. The smallest absolute Gasteiger partial charge is 0.358 e. The molecule has 0 saturated carbocycles. The van der Waals surface area contributed by atoms with Gasteiger partial charge in [-0.3, -0.25) is 0 Å². The van der Waals surface area contributed by atoms with Gasteiger partial charge in [0.25, 0.3) is 0 Å². The van der Waals surface area contributed by atoms with Crippen LogP contribution in [0.3, 0.4) is 0 Å². The molecule has 0 fully saturated rings. The minimum absolute atomic E-state index is 0.113. The van der Waals surface area contributed by atoms with Crippen LogP contribution < -0.4 is 0 Å². The van der Waals surface area contributed by atoms with Crippen LogP contribution in [-0.4, -0.2) is 19.9 Å². The molecule has 0 amide bonds. The van der Waals surface area contributed by atoms with Crippen LogP contribution in [0.2, 0.25) is 0 Å². The molecule has 0 aliphatic rings. The van der Waals surface area contributed by atoms with Crippen molar-refractivity contribution >= 4 is 5.82 Å². The summed E-state index contributed by atoms with van der Waals surface area (Å²) in [6.45, 7) is 0. The fraction of sp³-hybridized carbons (Fsp3) is 0. The molecule has 2 heterocycles. The molecule has 0 bridgehead atoms. The largest absolute Gasteiger partial charge is 0.363 e. The average Bonchev–Trinajstić information content (AvgIpc) is 2.77. The number of rotatable bonds is 1. The number of nitro groups is 1. The third-order valence-corrected chi connectivity index (χ3v) is 1.24. The Hall–Kier alpha value is -2.24. The number of nitrogens with one attached hydrogen (secondary N) is 1. The molecular weight excluding hydrogens is 184 g/mol. The summed E-state index contributed by atoms with van der Waals surface area (Å²) in [5, 5.41) is 9.94. The van der Waals surface area contributed by atoms with Crippen LogP contribution in [0.15, 0.2) is 43.1 Å². The zero-order valence-electron chi connectivity index (χ0n) is 7.20. The lowest BCUT2D eigenvalue weighted by molar-refractivity contribution is -0.389. The molecular formula is C8H8N4O2. The maximum atomic E-state index is 9.94. The van der Waals surface area contributed by atoms with E-state index in [1.165, 1.54) is 12.3 Å². The van der Waals surface area contributed by atoms with Gasteiger partial charge in [-0.15, -0.1) is 0 Å². The van der Waals surface area contributed by atoms with Gasteiger partial charge in [-0.2, -0.15) is 0 Å². The molecule has 0 aliphatic carbocycles. The first kappa shape index (κ1) is 9.85. The van der Waals surface area contributed by atoms with Crippen molar-refractivity contribution in [2.24, 2.45) is 0 Å². The molecule has 0 atom stereocenters. The summed E-state index contributed by atoms with van der Waals surface area (Å²) in [6, 6.07) is 4.55. The maximum absolute atomic E-state index is 9.94. The SMILES string of the molecule is O=[N+]([O-])c1ccccn1.c1c[nH]cn1. The Kier molecular flexibility index (Phi) is 3.81. The zero-order valence-corrected chi connectivity index (χ0v) is 7.20. The number of hydrogen-bond acceptors (Lipinski definition) is 4. The van der Waals surface area contributed by atoms with Gasteiger partial charge in [-0.1, -0.05) is 6.07 Å². The second-order valence-corrected chi connectivity index (χ2v) is 2.21. The van der Waals surface area contributed by atoms with E-state index in [-0.39, 0.29) is 5.82 Å².